The van der Waals surface area contributed by atoms with E-state index in [1.54, 1.807) is 19.2 Å². The van der Waals surface area contributed by atoms with E-state index in [1.807, 2.05) is 36.4 Å². The summed E-state index contributed by atoms with van der Waals surface area (Å²) in [6, 6.07) is 15.6. The van der Waals surface area contributed by atoms with E-state index in [-0.39, 0.29) is 27.6 Å². The topological polar surface area (TPSA) is 75.6 Å². The molecule has 0 radical (unpaired) electrons. The van der Waals surface area contributed by atoms with Crippen molar-refractivity contribution in [1.82, 2.24) is 5.32 Å². The molecule has 8 atom stereocenters. The molecular formula is C45H61NO4. The number of allylic oxidation sites excluding steroid dienone is 3. The van der Waals surface area contributed by atoms with Gasteiger partial charge in [-0.1, -0.05) is 83.5 Å². The highest BCUT2D eigenvalue weighted by atomic mass is 16.5. The molecule has 3 fully saturated rings. The minimum Gasteiger partial charge on any atom is -0.497 e. The van der Waals surface area contributed by atoms with Crippen LogP contribution in [0, 0.1) is 51.2 Å². The van der Waals surface area contributed by atoms with Gasteiger partial charge in [-0.3, -0.25) is 4.79 Å². The number of amides is 1. The number of carboxylic acids is 1. The number of aromatic carboxylic acids is 1. The Labute approximate surface area is 301 Å². The lowest BCUT2D eigenvalue weighted by Gasteiger charge is -2.64. The molecule has 0 spiro atoms. The Morgan fingerprint density at radius 1 is 0.880 bits per heavy atom. The fourth-order valence-corrected chi connectivity index (χ4v) is 12.1. The van der Waals surface area contributed by atoms with Crippen molar-refractivity contribution in [3.63, 3.8) is 0 Å². The first-order valence-corrected chi connectivity index (χ1v) is 19.3. The van der Waals surface area contributed by atoms with Gasteiger partial charge in [-0.25, -0.2) is 4.79 Å². The van der Waals surface area contributed by atoms with Crippen molar-refractivity contribution in [3.8, 4) is 5.75 Å². The highest BCUT2D eigenvalue weighted by molar-refractivity contribution is 5.88. The summed E-state index contributed by atoms with van der Waals surface area (Å²) in [6.45, 7) is 19.8. The molecule has 50 heavy (non-hydrogen) atoms. The maximum Gasteiger partial charge on any atom is 0.335 e. The fourth-order valence-electron chi connectivity index (χ4n) is 12.1. The molecule has 5 nitrogen and oxygen atoms in total. The molecule has 3 saturated carbocycles. The average Bonchev–Trinajstić information content (AvgIpc) is 3.46. The number of hydrogen-bond acceptors (Lipinski definition) is 3. The Bertz CT molecular complexity index is 1620. The van der Waals surface area contributed by atoms with Crippen molar-refractivity contribution in [1.29, 1.82) is 0 Å². The molecule has 0 bridgehead atoms. The van der Waals surface area contributed by atoms with Gasteiger partial charge in [0.2, 0.25) is 5.91 Å². The predicted molar refractivity (Wildman–Crippen MR) is 203 cm³/mol. The smallest absolute Gasteiger partial charge is 0.335 e. The van der Waals surface area contributed by atoms with Crippen molar-refractivity contribution in [2.45, 2.75) is 112 Å². The first kappa shape index (κ1) is 36.5. The molecule has 0 aliphatic heterocycles. The van der Waals surface area contributed by atoms with Gasteiger partial charge in [0, 0.05) is 6.54 Å². The van der Waals surface area contributed by atoms with Crippen molar-refractivity contribution in [3.05, 3.63) is 83.4 Å². The number of fused-ring (bicyclic) bond motifs is 4. The largest absolute Gasteiger partial charge is 0.497 e. The van der Waals surface area contributed by atoms with Crippen LogP contribution in [0.2, 0.25) is 0 Å². The van der Waals surface area contributed by atoms with E-state index in [9.17, 15) is 14.7 Å². The fraction of sp³-hybridized carbons (Fsp3) is 0.600. The summed E-state index contributed by atoms with van der Waals surface area (Å²) in [5.74, 6) is 2.56. The molecule has 0 unspecified atom stereocenters. The number of rotatable bonds is 7. The summed E-state index contributed by atoms with van der Waals surface area (Å²) in [4.78, 5) is 26.1. The van der Waals surface area contributed by atoms with Gasteiger partial charge in [0.15, 0.2) is 0 Å². The van der Waals surface area contributed by atoms with Crippen LogP contribution in [-0.4, -0.2) is 24.1 Å². The Kier molecular flexibility index (Phi) is 9.96. The molecule has 2 aromatic carbocycles. The molecule has 5 heteroatoms. The molecule has 0 heterocycles. The van der Waals surface area contributed by atoms with Crippen LogP contribution in [0.15, 0.2) is 66.8 Å². The van der Waals surface area contributed by atoms with Crippen LogP contribution in [0.25, 0.3) is 5.57 Å². The Balaban J connectivity index is 1.28. The van der Waals surface area contributed by atoms with E-state index in [2.05, 4.69) is 59.5 Å². The van der Waals surface area contributed by atoms with E-state index in [4.69, 9.17) is 4.74 Å². The maximum absolute atomic E-state index is 14.5. The van der Waals surface area contributed by atoms with Gasteiger partial charge in [0.1, 0.15) is 5.75 Å². The number of carbonyl (C=O) groups excluding carboxylic acids is 1. The molecule has 2 aromatic rings. The van der Waals surface area contributed by atoms with E-state index in [0.717, 1.165) is 61.8 Å². The van der Waals surface area contributed by atoms with Crippen molar-refractivity contribution < 1.29 is 19.4 Å². The van der Waals surface area contributed by atoms with E-state index in [1.165, 1.54) is 30.4 Å². The summed E-state index contributed by atoms with van der Waals surface area (Å²) in [5.41, 5.74) is 5.20. The minimum absolute atomic E-state index is 0.0226. The summed E-state index contributed by atoms with van der Waals surface area (Å²) >= 11 is 0. The first-order chi connectivity index (χ1) is 23.7. The number of methoxy groups -OCH3 is 1. The van der Waals surface area contributed by atoms with Gasteiger partial charge in [0.25, 0.3) is 0 Å². The van der Waals surface area contributed by atoms with Crippen LogP contribution in [0.4, 0.5) is 0 Å². The Morgan fingerprint density at radius 3 is 2.20 bits per heavy atom. The Morgan fingerprint density at radius 2 is 1.56 bits per heavy atom. The molecule has 270 valence electrons. The van der Waals surface area contributed by atoms with Crippen LogP contribution < -0.4 is 10.1 Å². The lowest BCUT2D eigenvalue weighted by Crippen LogP contribution is -2.56. The van der Waals surface area contributed by atoms with Crippen LogP contribution in [0.5, 0.6) is 5.75 Å². The van der Waals surface area contributed by atoms with E-state index in [0.29, 0.717) is 41.7 Å². The summed E-state index contributed by atoms with van der Waals surface area (Å²) in [5, 5.41) is 12.9. The van der Waals surface area contributed by atoms with Crippen LogP contribution >= 0.6 is 0 Å². The second-order valence-corrected chi connectivity index (χ2v) is 17.7. The van der Waals surface area contributed by atoms with Crippen LogP contribution in [0.1, 0.15) is 127 Å². The third kappa shape index (κ3) is 6.15. The van der Waals surface area contributed by atoms with Gasteiger partial charge in [-0.05, 0) is 152 Å². The quantitative estimate of drug-likeness (QED) is 0.286. The van der Waals surface area contributed by atoms with Gasteiger partial charge >= 0.3 is 5.97 Å². The molecule has 6 rings (SSSR count). The number of carbonyl (C=O) groups is 2. The number of hydrogen-bond donors (Lipinski definition) is 2. The highest BCUT2D eigenvalue weighted by Gasteiger charge is 2.61. The lowest BCUT2D eigenvalue weighted by atomic mass is 9.40. The monoisotopic (exact) mass is 679 g/mol. The molecular weight excluding hydrogens is 618 g/mol. The zero-order valence-electron chi connectivity index (χ0n) is 31.7. The molecule has 1 amide bonds. The summed E-state index contributed by atoms with van der Waals surface area (Å²) < 4.78 is 5.35. The molecule has 4 aliphatic carbocycles. The zero-order chi connectivity index (χ0) is 36.1. The highest BCUT2D eigenvalue weighted by Crippen LogP contribution is 2.69. The number of carboxylic acid groups (broad SMARTS) is 1. The minimum atomic E-state index is -0.878. The maximum atomic E-state index is 14.5. The van der Waals surface area contributed by atoms with Crippen molar-refractivity contribution in [2.75, 3.05) is 7.11 Å². The van der Waals surface area contributed by atoms with Crippen molar-refractivity contribution in [2.24, 2.45) is 51.2 Å². The number of benzene rings is 2. The van der Waals surface area contributed by atoms with Gasteiger partial charge in [-0.15, -0.1) is 0 Å². The Hall–Kier alpha value is -3.34. The predicted octanol–water partition coefficient (Wildman–Crippen LogP) is 10.8. The van der Waals surface area contributed by atoms with Gasteiger partial charge in [0.05, 0.1) is 18.1 Å². The third-order valence-corrected chi connectivity index (χ3v) is 15.1. The van der Waals surface area contributed by atoms with Gasteiger partial charge in [-0.2, -0.15) is 0 Å². The summed E-state index contributed by atoms with van der Waals surface area (Å²) in [6.07, 6.45) is 13.4. The zero-order valence-corrected chi connectivity index (χ0v) is 31.7. The lowest BCUT2D eigenvalue weighted by molar-refractivity contribution is -0.139. The van der Waals surface area contributed by atoms with Gasteiger partial charge < -0.3 is 15.2 Å². The third-order valence-electron chi connectivity index (χ3n) is 15.1. The molecule has 4 aliphatic rings. The van der Waals surface area contributed by atoms with Crippen molar-refractivity contribution >= 4 is 17.4 Å². The number of ether oxygens (including phenoxy) is 1. The molecule has 0 aromatic heterocycles. The second kappa shape index (κ2) is 13.7. The normalized spacial score (nSPS) is 35.0. The SMILES string of the molecule is C=C(C)[C@@H]1CC[C@]2(C(=O)NCc3ccc(OC)cc3)CC[C@@H](C)[C@]3(C)CC[C@H]4C(C)(C)C(c5ccc(C(=O)O)cc5)=CC[C@]4(C)[C@H]3CCC[C@@H]12. The number of nitrogens with one attached hydrogen (secondary N) is 1. The van der Waals surface area contributed by atoms with Crippen LogP contribution in [-0.2, 0) is 11.3 Å². The van der Waals surface area contributed by atoms with E-state index < -0.39 is 5.97 Å². The summed E-state index contributed by atoms with van der Waals surface area (Å²) in [7, 11) is 1.68. The second-order valence-electron chi connectivity index (χ2n) is 17.7. The molecule has 0 saturated heterocycles. The van der Waals surface area contributed by atoms with E-state index >= 15 is 0 Å². The first-order valence-electron chi connectivity index (χ1n) is 19.3. The average molecular weight is 680 g/mol. The molecule has 2 N–H and O–H groups in total. The standard InChI is InChI=1S/C45H61NO4/c1-29(2)35-21-27-45(41(49)46-28-31-12-18-34(50-8)19-13-31)26-20-30(3)43(6)25-23-38-42(4,5)36(32-14-16-33(17-15-32)40(47)48)22-24-44(38,7)39(43)11-9-10-37(35)45/h12-19,22,30,35,37-39H,1,9-11,20-21,23-28H2,2-8H3,(H,46,49)(H,47,48)/t30-,35+,37+,38+,39+,43+,44+,45-/m1/s1. The van der Waals surface area contributed by atoms with Crippen LogP contribution in [0.3, 0.4) is 0 Å².